The molecule has 1 amide bonds. The van der Waals surface area contributed by atoms with Gasteiger partial charge < -0.3 is 9.80 Å². The lowest BCUT2D eigenvalue weighted by Gasteiger charge is -2.35. The van der Waals surface area contributed by atoms with E-state index < -0.39 is 0 Å². The van der Waals surface area contributed by atoms with Crippen LogP contribution < -0.4 is 0 Å². The zero-order valence-corrected chi connectivity index (χ0v) is 18.7. The standard InChI is InChI=1S/C25H39N3O/c1-4-5-6-9-25(29)28(3)24-16-14-23(15-17-24)22-12-10-21(11-13-22)20-27(2)19-8-7-18-26/h10-13,23-24H,4-9,14-17,19-20H2,1-3H3/t23-,24-. The number of amides is 1. The van der Waals surface area contributed by atoms with Crippen LogP contribution in [0, 0.1) is 11.3 Å². The van der Waals surface area contributed by atoms with Gasteiger partial charge in [-0.1, -0.05) is 44.0 Å². The van der Waals surface area contributed by atoms with E-state index in [4.69, 9.17) is 5.26 Å². The quantitative estimate of drug-likeness (QED) is 0.464. The minimum Gasteiger partial charge on any atom is -0.343 e. The van der Waals surface area contributed by atoms with Crippen molar-refractivity contribution >= 4 is 5.91 Å². The van der Waals surface area contributed by atoms with Crippen LogP contribution in [0.25, 0.3) is 0 Å². The molecule has 1 aromatic carbocycles. The molecule has 2 rings (SSSR count). The number of hydrogen-bond donors (Lipinski definition) is 0. The second-order valence-corrected chi connectivity index (χ2v) is 8.71. The lowest BCUT2D eigenvalue weighted by Crippen LogP contribution is -2.39. The van der Waals surface area contributed by atoms with Gasteiger partial charge in [0.2, 0.25) is 5.91 Å². The molecule has 0 spiro atoms. The second kappa shape index (κ2) is 12.6. The van der Waals surface area contributed by atoms with Crippen LogP contribution in [0.15, 0.2) is 24.3 Å². The van der Waals surface area contributed by atoms with Gasteiger partial charge in [-0.15, -0.1) is 0 Å². The lowest BCUT2D eigenvalue weighted by atomic mass is 9.81. The van der Waals surface area contributed by atoms with Crippen molar-refractivity contribution in [3.05, 3.63) is 35.4 Å². The van der Waals surface area contributed by atoms with Crippen molar-refractivity contribution in [1.82, 2.24) is 9.80 Å². The molecule has 1 aliphatic rings. The molecule has 1 saturated carbocycles. The fraction of sp³-hybridized carbons (Fsp3) is 0.680. The number of benzene rings is 1. The van der Waals surface area contributed by atoms with Crippen molar-refractivity contribution < 1.29 is 4.79 Å². The SMILES string of the molecule is CCCCCC(=O)N(C)[C@H]1CC[C@H](c2ccc(CN(C)CCCC#N)cc2)CC1. The molecule has 0 N–H and O–H groups in total. The van der Waals surface area contributed by atoms with Gasteiger partial charge in [0.1, 0.15) is 0 Å². The third-order valence-corrected chi connectivity index (χ3v) is 6.36. The Morgan fingerprint density at radius 2 is 1.76 bits per heavy atom. The van der Waals surface area contributed by atoms with Gasteiger partial charge in [0.25, 0.3) is 0 Å². The summed E-state index contributed by atoms with van der Waals surface area (Å²) in [7, 11) is 4.12. The molecule has 0 saturated heterocycles. The Morgan fingerprint density at radius 1 is 1.07 bits per heavy atom. The van der Waals surface area contributed by atoms with Crippen molar-refractivity contribution in [3.8, 4) is 6.07 Å². The van der Waals surface area contributed by atoms with Crippen LogP contribution in [0.4, 0.5) is 0 Å². The maximum Gasteiger partial charge on any atom is 0.222 e. The summed E-state index contributed by atoms with van der Waals surface area (Å²) in [6.45, 7) is 4.07. The number of unbranched alkanes of at least 4 members (excludes halogenated alkanes) is 3. The van der Waals surface area contributed by atoms with E-state index in [1.807, 2.05) is 11.9 Å². The first-order valence-electron chi connectivity index (χ1n) is 11.4. The maximum absolute atomic E-state index is 12.4. The monoisotopic (exact) mass is 397 g/mol. The van der Waals surface area contributed by atoms with Gasteiger partial charge in [-0.3, -0.25) is 4.79 Å². The van der Waals surface area contributed by atoms with Gasteiger partial charge in [0.05, 0.1) is 6.07 Å². The summed E-state index contributed by atoms with van der Waals surface area (Å²) in [6.07, 6.45) is 10.2. The average molecular weight is 398 g/mol. The van der Waals surface area contributed by atoms with Crippen LogP contribution in [0.5, 0.6) is 0 Å². The summed E-state index contributed by atoms with van der Waals surface area (Å²) in [5, 5.41) is 8.65. The lowest BCUT2D eigenvalue weighted by molar-refractivity contribution is -0.132. The molecule has 0 aliphatic heterocycles. The molecular formula is C25H39N3O. The Labute approximate surface area is 177 Å². The number of hydrogen-bond acceptors (Lipinski definition) is 3. The number of nitrogens with zero attached hydrogens (tertiary/aromatic N) is 3. The zero-order chi connectivity index (χ0) is 21.1. The Bertz CT molecular complexity index is 641. The minimum absolute atomic E-state index is 0.324. The summed E-state index contributed by atoms with van der Waals surface area (Å²) in [4.78, 5) is 16.7. The summed E-state index contributed by atoms with van der Waals surface area (Å²) in [5.41, 5.74) is 2.77. The molecule has 0 unspecified atom stereocenters. The third kappa shape index (κ3) is 7.82. The Kier molecular flexibility index (Phi) is 10.2. The molecule has 4 heteroatoms. The molecule has 0 heterocycles. The Morgan fingerprint density at radius 3 is 2.38 bits per heavy atom. The van der Waals surface area contributed by atoms with Crippen LogP contribution in [-0.2, 0) is 11.3 Å². The topological polar surface area (TPSA) is 47.3 Å². The third-order valence-electron chi connectivity index (χ3n) is 6.36. The molecule has 4 nitrogen and oxygen atoms in total. The molecule has 0 atom stereocenters. The summed E-state index contributed by atoms with van der Waals surface area (Å²) in [5.74, 6) is 0.947. The first-order chi connectivity index (χ1) is 14.0. The number of carbonyl (C=O) groups excluding carboxylic acids is 1. The van der Waals surface area contributed by atoms with E-state index >= 15 is 0 Å². The van der Waals surface area contributed by atoms with Crippen LogP contribution in [0.2, 0.25) is 0 Å². The molecule has 1 aliphatic carbocycles. The van der Waals surface area contributed by atoms with Crippen LogP contribution in [-0.4, -0.2) is 42.4 Å². The normalized spacial score (nSPS) is 19.1. The van der Waals surface area contributed by atoms with E-state index in [1.54, 1.807) is 0 Å². The molecule has 160 valence electrons. The van der Waals surface area contributed by atoms with Crippen molar-refractivity contribution in [3.63, 3.8) is 0 Å². The highest BCUT2D eigenvalue weighted by molar-refractivity contribution is 5.76. The zero-order valence-electron chi connectivity index (χ0n) is 18.7. The predicted molar refractivity (Wildman–Crippen MR) is 120 cm³/mol. The number of nitriles is 1. The largest absolute Gasteiger partial charge is 0.343 e. The molecule has 1 fully saturated rings. The first-order valence-corrected chi connectivity index (χ1v) is 11.4. The van der Waals surface area contributed by atoms with Gasteiger partial charge in [-0.25, -0.2) is 0 Å². The highest BCUT2D eigenvalue weighted by Crippen LogP contribution is 2.34. The van der Waals surface area contributed by atoms with Crippen LogP contribution in [0.3, 0.4) is 0 Å². The highest BCUT2D eigenvalue weighted by Gasteiger charge is 2.27. The van der Waals surface area contributed by atoms with E-state index in [-0.39, 0.29) is 0 Å². The van der Waals surface area contributed by atoms with E-state index in [0.29, 0.717) is 30.7 Å². The highest BCUT2D eigenvalue weighted by atomic mass is 16.2. The molecule has 0 bridgehead atoms. The summed E-state index contributed by atoms with van der Waals surface area (Å²) in [6, 6.07) is 11.7. The minimum atomic E-state index is 0.324. The van der Waals surface area contributed by atoms with E-state index in [9.17, 15) is 4.79 Å². The first kappa shape index (κ1) is 23.4. The van der Waals surface area contributed by atoms with Crippen molar-refractivity contribution in [2.45, 2.75) is 89.6 Å². The van der Waals surface area contributed by atoms with E-state index in [1.165, 1.54) is 30.4 Å². The molecule has 0 radical (unpaired) electrons. The van der Waals surface area contributed by atoms with Crippen LogP contribution in [0.1, 0.15) is 88.2 Å². The maximum atomic E-state index is 12.4. The van der Waals surface area contributed by atoms with Crippen molar-refractivity contribution in [1.29, 1.82) is 5.26 Å². The van der Waals surface area contributed by atoms with Gasteiger partial charge in [0.15, 0.2) is 0 Å². The fourth-order valence-corrected chi connectivity index (χ4v) is 4.42. The van der Waals surface area contributed by atoms with E-state index in [0.717, 1.165) is 45.2 Å². The molecular weight excluding hydrogens is 358 g/mol. The van der Waals surface area contributed by atoms with Crippen molar-refractivity contribution in [2.75, 3.05) is 20.6 Å². The summed E-state index contributed by atoms with van der Waals surface area (Å²) >= 11 is 0. The van der Waals surface area contributed by atoms with Crippen molar-refractivity contribution in [2.24, 2.45) is 0 Å². The van der Waals surface area contributed by atoms with Gasteiger partial charge in [0, 0.05) is 32.5 Å². The molecule has 0 aromatic heterocycles. The predicted octanol–water partition coefficient (Wildman–Crippen LogP) is 5.49. The fourth-order valence-electron chi connectivity index (χ4n) is 4.42. The second-order valence-electron chi connectivity index (χ2n) is 8.71. The van der Waals surface area contributed by atoms with Gasteiger partial charge in [-0.05, 0) is 69.2 Å². The molecule has 29 heavy (non-hydrogen) atoms. The summed E-state index contributed by atoms with van der Waals surface area (Å²) < 4.78 is 0. The average Bonchev–Trinajstić information content (AvgIpc) is 2.74. The molecule has 1 aromatic rings. The number of rotatable bonds is 11. The van der Waals surface area contributed by atoms with Crippen LogP contribution >= 0.6 is 0 Å². The Hall–Kier alpha value is -1.86. The smallest absolute Gasteiger partial charge is 0.222 e. The van der Waals surface area contributed by atoms with E-state index in [2.05, 4.69) is 49.2 Å². The number of carbonyl (C=O) groups is 1. The Balaban J connectivity index is 1.77. The van der Waals surface area contributed by atoms with Gasteiger partial charge in [-0.2, -0.15) is 5.26 Å². The van der Waals surface area contributed by atoms with Gasteiger partial charge >= 0.3 is 0 Å².